The molecular weight excluding hydrogens is 517 g/mol. The molecule has 1 aliphatic heterocycles. The van der Waals surface area contributed by atoms with Gasteiger partial charge < -0.3 is 9.72 Å². The van der Waals surface area contributed by atoms with Crippen LogP contribution >= 0.6 is 22.9 Å². The lowest BCUT2D eigenvalue weighted by molar-refractivity contribution is -0.123. The molecule has 2 aromatic heterocycles. The molecule has 0 bridgehead atoms. The van der Waals surface area contributed by atoms with E-state index in [4.69, 9.17) is 4.74 Å². The maximum absolute atomic E-state index is 13.1. The van der Waals surface area contributed by atoms with Crippen LogP contribution in [0.15, 0.2) is 24.3 Å². The number of benzene rings is 1. The molecule has 5 rings (SSSR count). The molecule has 2 aliphatic rings. The molecule has 3 aromatic rings. The number of carbonyl (C=O) groups is 1. The van der Waals surface area contributed by atoms with Crippen molar-refractivity contribution in [2.24, 2.45) is 5.41 Å². The smallest absolute Gasteiger partial charge is 0.252 e. The van der Waals surface area contributed by atoms with Gasteiger partial charge in [0, 0.05) is 35.2 Å². The van der Waals surface area contributed by atoms with Crippen molar-refractivity contribution in [1.82, 2.24) is 20.1 Å². The van der Waals surface area contributed by atoms with Gasteiger partial charge in [0.15, 0.2) is 0 Å². The van der Waals surface area contributed by atoms with E-state index in [-0.39, 0.29) is 11.9 Å². The first kappa shape index (κ1) is 21.9. The highest BCUT2D eigenvalue weighted by Crippen LogP contribution is 2.38. The SMILES string of the molecule is C[C@@H](C(=O)N(I)c1ccc2cc(-c3n[nH]c4c3CCC(C)(C)C4)[nH]c2c1)N1CCOCC1. The van der Waals surface area contributed by atoms with Crippen LogP contribution in [0.1, 0.15) is 38.4 Å². The van der Waals surface area contributed by atoms with Crippen molar-refractivity contribution in [3.63, 3.8) is 0 Å². The number of aromatic amines is 2. The monoisotopic (exact) mass is 547 g/mol. The van der Waals surface area contributed by atoms with E-state index in [0.717, 1.165) is 53.9 Å². The lowest BCUT2D eigenvalue weighted by Gasteiger charge is -2.32. The molecule has 7 nitrogen and oxygen atoms in total. The number of morpholine rings is 1. The molecule has 0 spiro atoms. The van der Waals surface area contributed by atoms with E-state index in [1.54, 1.807) is 3.11 Å². The van der Waals surface area contributed by atoms with Crippen molar-refractivity contribution in [1.29, 1.82) is 0 Å². The third-order valence-electron chi connectivity index (χ3n) is 6.89. The lowest BCUT2D eigenvalue weighted by Crippen LogP contribution is -2.49. The summed E-state index contributed by atoms with van der Waals surface area (Å²) >= 11 is 2.12. The van der Waals surface area contributed by atoms with Crippen molar-refractivity contribution in [2.45, 2.75) is 46.1 Å². The van der Waals surface area contributed by atoms with Crippen molar-refractivity contribution in [2.75, 3.05) is 29.4 Å². The number of hydrogen-bond acceptors (Lipinski definition) is 4. The molecule has 1 aliphatic carbocycles. The predicted molar refractivity (Wildman–Crippen MR) is 135 cm³/mol. The molecule has 0 radical (unpaired) electrons. The Bertz CT molecular complexity index is 1140. The fraction of sp³-hybridized carbons (Fsp3) is 0.500. The average molecular weight is 547 g/mol. The van der Waals surface area contributed by atoms with Gasteiger partial charge in [-0.1, -0.05) is 19.9 Å². The third-order valence-corrected chi connectivity index (χ3v) is 7.92. The standard InChI is InChI=1S/C24H30IN5O2/c1-15(29-8-10-32-11-9-29)23(31)30(25)17-5-4-16-12-20(26-19(16)13-17)22-18-6-7-24(2,3)14-21(18)27-28-22/h4-5,12-13,15,26H,6-11,14H2,1-3H3,(H,27,28)/t15-/m0/s1. The summed E-state index contributed by atoms with van der Waals surface area (Å²) in [5, 5.41) is 9.05. The number of ether oxygens (including phenoxy) is 1. The number of rotatable bonds is 4. The number of amides is 1. The summed E-state index contributed by atoms with van der Waals surface area (Å²) in [6.07, 6.45) is 3.25. The van der Waals surface area contributed by atoms with Crippen molar-refractivity contribution in [3.05, 3.63) is 35.5 Å². The van der Waals surface area contributed by atoms with Gasteiger partial charge in [0.1, 0.15) is 5.69 Å². The molecule has 170 valence electrons. The molecular formula is C24H30IN5O2. The number of fused-ring (bicyclic) bond motifs is 2. The van der Waals surface area contributed by atoms with E-state index in [1.807, 2.05) is 13.0 Å². The summed E-state index contributed by atoms with van der Waals surface area (Å²) in [5.74, 6) is 0.0858. The van der Waals surface area contributed by atoms with Crippen LogP contribution in [0.4, 0.5) is 5.69 Å². The van der Waals surface area contributed by atoms with E-state index in [1.165, 1.54) is 17.7 Å². The summed E-state index contributed by atoms with van der Waals surface area (Å²) < 4.78 is 7.15. The Labute approximate surface area is 202 Å². The van der Waals surface area contributed by atoms with Gasteiger partial charge in [0.25, 0.3) is 5.91 Å². The second kappa shape index (κ2) is 8.46. The Morgan fingerprint density at radius 2 is 2.06 bits per heavy atom. The number of carbonyl (C=O) groups excluding carboxylic acids is 1. The molecule has 0 saturated carbocycles. The van der Waals surface area contributed by atoms with Gasteiger partial charge in [-0.25, -0.2) is 0 Å². The number of nitrogens with one attached hydrogen (secondary N) is 2. The third kappa shape index (κ3) is 4.08. The van der Waals surface area contributed by atoms with Crippen LogP contribution in [-0.4, -0.2) is 58.3 Å². The van der Waals surface area contributed by atoms with E-state index in [0.29, 0.717) is 18.6 Å². The number of hydrogen-bond donors (Lipinski definition) is 2. The van der Waals surface area contributed by atoms with E-state index in [9.17, 15) is 4.79 Å². The van der Waals surface area contributed by atoms with E-state index < -0.39 is 0 Å². The van der Waals surface area contributed by atoms with Gasteiger partial charge >= 0.3 is 0 Å². The molecule has 32 heavy (non-hydrogen) atoms. The molecule has 3 heterocycles. The zero-order valence-electron chi connectivity index (χ0n) is 18.9. The second-order valence-corrected chi connectivity index (χ2v) is 10.7. The molecule has 1 fully saturated rings. The highest BCUT2D eigenvalue weighted by molar-refractivity contribution is 14.1. The highest BCUT2D eigenvalue weighted by atomic mass is 127. The Morgan fingerprint density at radius 1 is 1.28 bits per heavy atom. The number of aromatic nitrogens is 3. The molecule has 0 unspecified atom stereocenters. The summed E-state index contributed by atoms with van der Waals surface area (Å²) in [6.45, 7) is 9.57. The number of halogens is 1. The highest BCUT2D eigenvalue weighted by Gasteiger charge is 2.30. The first-order valence-electron chi connectivity index (χ1n) is 11.3. The normalized spacial score (nSPS) is 19.6. The summed E-state index contributed by atoms with van der Waals surface area (Å²) in [5.41, 5.74) is 6.86. The van der Waals surface area contributed by atoms with Crippen LogP contribution in [-0.2, 0) is 22.4 Å². The summed E-state index contributed by atoms with van der Waals surface area (Å²) in [4.78, 5) is 18.8. The van der Waals surface area contributed by atoms with Crippen LogP contribution < -0.4 is 3.11 Å². The fourth-order valence-corrected chi connectivity index (χ4v) is 5.55. The largest absolute Gasteiger partial charge is 0.379 e. The molecule has 2 N–H and O–H groups in total. The van der Waals surface area contributed by atoms with Gasteiger partial charge in [-0.15, -0.1) is 0 Å². The maximum atomic E-state index is 13.1. The minimum atomic E-state index is -0.175. The number of anilines is 1. The van der Waals surface area contributed by atoms with E-state index in [2.05, 4.69) is 75.0 Å². The second-order valence-electron chi connectivity index (χ2n) is 9.77. The van der Waals surface area contributed by atoms with Crippen LogP contribution in [0, 0.1) is 5.41 Å². The molecule has 1 saturated heterocycles. The van der Waals surface area contributed by atoms with Crippen molar-refractivity contribution in [3.8, 4) is 11.4 Å². The molecule has 1 amide bonds. The zero-order valence-corrected chi connectivity index (χ0v) is 21.0. The van der Waals surface area contributed by atoms with Gasteiger partial charge in [-0.3, -0.25) is 17.9 Å². The zero-order chi connectivity index (χ0) is 22.5. The molecule has 1 aromatic carbocycles. The molecule has 8 heteroatoms. The fourth-order valence-electron chi connectivity index (χ4n) is 4.85. The average Bonchev–Trinajstić information content (AvgIpc) is 3.40. The summed E-state index contributed by atoms with van der Waals surface area (Å²) in [7, 11) is 0. The van der Waals surface area contributed by atoms with Gasteiger partial charge in [-0.05, 0) is 49.8 Å². The van der Waals surface area contributed by atoms with Crippen molar-refractivity contribution < 1.29 is 9.53 Å². The first-order chi connectivity index (χ1) is 15.3. The Morgan fingerprint density at radius 3 is 2.84 bits per heavy atom. The number of nitrogens with zero attached hydrogens (tertiary/aromatic N) is 3. The van der Waals surface area contributed by atoms with Crippen LogP contribution in [0.25, 0.3) is 22.3 Å². The minimum Gasteiger partial charge on any atom is -0.379 e. The van der Waals surface area contributed by atoms with Gasteiger partial charge in [0.2, 0.25) is 0 Å². The minimum absolute atomic E-state index is 0.0858. The van der Waals surface area contributed by atoms with Gasteiger partial charge in [0.05, 0.1) is 53.5 Å². The predicted octanol–water partition coefficient (Wildman–Crippen LogP) is 4.48. The first-order valence-corrected chi connectivity index (χ1v) is 12.3. The van der Waals surface area contributed by atoms with E-state index >= 15 is 0 Å². The Kier molecular flexibility index (Phi) is 5.79. The van der Waals surface area contributed by atoms with Gasteiger partial charge in [-0.2, -0.15) is 5.10 Å². The maximum Gasteiger partial charge on any atom is 0.252 e. The van der Waals surface area contributed by atoms with Crippen LogP contribution in [0.3, 0.4) is 0 Å². The topological polar surface area (TPSA) is 77.2 Å². The number of H-pyrrole nitrogens is 2. The van der Waals surface area contributed by atoms with Crippen molar-refractivity contribution >= 4 is 45.4 Å². The Hall–Kier alpha value is -1.91. The van der Waals surface area contributed by atoms with Crippen LogP contribution in [0.5, 0.6) is 0 Å². The quantitative estimate of drug-likeness (QED) is 0.373. The Balaban J connectivity index is 1.39. The van der Waals surface area contributed by atoms with Crippen LogP contribution in [0.2, 0.25) is 0 Å². The lowest BCUT2D eigenvalue weighted by atomic mass is 9.76. The summed E-state index contributed by atoms with van der Waals surface area (Å²) in [6, 6.07) is 8.12. The molecule has 1 atom stereocenters.